The van der Waals surface area contributed by atoms with Gasteiger partial charge in [-0.3, -0.25) is 9.78 Å². The molecule has 84 valence electrons. The summed E-state index contributed by atoms with van der Waals surface area (Å²) in [7, 11) is 0. The summed E-state index contributed by atoms with van der Waals surface area (Å²) in [6.07, 6.45) is -0.617. The van der Waals surface area contributed by atoms with Crippen LogP contribution in [-0.2, 0) is 9.53 Å². The zero-order valence-electron chi connectivity index (χ0n) is 9.12. The second-order valence-electron chi connectivity index (χ2n) is 3.22. The number of hydrogen-bond acceptors (Lipinski definition) is 4. The van der Waals surface area contributed by atoms with Crippen LogP contribution in [0.3, 0.4) is 0 Å². The van der Waals surface area contributed by atoms with E-state index in [9.17, 15) is 4.79 Å². The van der Waals surface area contributed by atoms with Crippen molar-refractivity contribution in [3.8, 4) is 0 Å². The molecule has 1 atom stereocenters. The Morgan fingerprint density at radius 1 is 1.69 bits per heavy atom. The zero-order chi connectivity index (χ0) is 12.0. The standard InChI is InChI=1S/C10H12N4O2/c1-7-4-3-5-9(13-7)10(6-12-14-11)16-8(2)15/h3-5,10H,6H2,1-2H3. The Labute approximate surface area is 92.9 Å². The zero-order valence-corrected chi connectivity index (χ0v) is 9.12. The van der Waals surface area contributed by atoms with E-state index in [4.69, 9.17) is 10.3 Å². The molecule has 0 aliphatic carbocycles. The molecule has 0 saturated heterocycles. The van der Waals surface area contributed by atoms with Crippen molar-refractivity contribution in [1.82, 2.24) is 4.98 Å². The molecular weight excluding hydrogens is 208 g/mol. The third-order valence-corrected chi connectivity index (χ3v) is 1.86. The SMILES string of the molecule is CC(=O)OC(CN=[N+]=[N-])c1cccc(C)n1. The minimum absolute atomic E-state index is 0.0481. The fraction of sp³-hybridized carbons (Fsp3) is 0.400. The number of ether oxygens (including phenoxy) is 1. The van der Waals surface area contributed by atoms with E-state index in [1.165, 1.54) is 6.92 Å². The van der Waals surface area contributed by atoms with Gasteiger partial charge in [-0.1, -0.05) is 11.2 Å². The number of pyridine rings is 1. The maximum Gasteiger partial charge on any atom is 0.303 e. The maximum atomic E-state index is 10.9. The average Bonchev–Trinajstić information content (AvgIpc) is 2.23. The summed E-state index contributed by atoms with van der Waals surface area (Å²) in [5, 5.41) is 3.39. The van der Waals surface area contributed by atoms with Crippen molar-refractivity contribution in [2.75, 3.05) is 6.54 Å². The molecule has 6 heteroatoms. The highest BCUT2D eigenvalue weighted by Gasteiger charge is 2.15. The highest BCUT2D eigenvalue weighted by atomic mass is 16.5. The molecule has 16 heavy (non-hydrogen) atoms. The summed E-state index contributed by atoms with van der Waals surface area (Å²) in [5.74, 6) is -0.429. The fourth-order valence-corrected chi connectivity index (χ4v) is 1.25. The molecule has 0 aliphatic heterocycles. The van der Waals surface area contributed by atoms with Crippen molar-refractivity contribution in [3.63, 3.8) is 0 Å². The number of hydrogen-bond donors (Lipinski definition) is 0. The number of azide groups is 1. The molecule has 0 saturated carbocycles. The fourth-order valence-electron chi connectivity index (χ4n) is 1.25. The molecule has 6 nitrogen and oxygen atoms in total. The summed E-state index contributed by atoms with van der Waals surface area (Å²) in [6.45, 7) is 3.19. The van der Waals surface area contributed by atoms with E-state index in [0.29, 0.717) is 5.69 Å². The predicted octanol–water partition coefficient (Wildman–Crippen LogP) is 2.30. The molecule has 0 bridgehead atoms. The number of aryl methyl sites for hydroxylation is 1. The Kier molecular flexibility index (Phi) is 4.29. The summed E-state index contributed by atoms with van der Waals surface area (Å²) in [6, 6.07) is 5.37. The second-order valence-corrected chi connectivity index (χ2v) is 3.22. The number of carbonyl (C=O) groups excluding carboxylic acids is 1. The monoisotopic (exact) mass is 220 g/mol. The van der Waals surface area contributed by atoms with Gasteiger partial charge in [-0.25, -0.2) is 0 Å². The molecule has 0 aromatic carbocycles. The van der Waals surface area contributed by atoms with Gasteiger partial charge in [-0.2, -0.15) is 0 Å². The van der Waals surface area contributed by atoms with Gasteiger partial charge in [0.05, 0.1) is 12.2 Å². The Balaban J connectivity index is 2.90. The van der Waals surface area contributed by atoms with Gasteiger partial charge in [0.15, 0.2) is 0 Å². The van der Waals surface area contributed by atoms with E-state index in [1.54, 1.807) is 6.07 Å². The van der Waals surface area contributed by atoms with Gasteiger partial charge in [0, 0.05) is 17.5 Å². The molecule has 0 amide bonds. The van der Waals surface area contributed by atoms with Crippen molar-refractivity contribution in [2.45, 2.75) is 20.0 Å². The lowest BCUT2D eigenvalue weighted by Gasteiger charge is -2.14. The highest BCUT2D eigenvalue weighted by molar-refractivity contribution is 5.66. The molecule has 0 spiro atoms. The number of carbonyl (C=O) groups is 1. The quantitative estimate of drug-likeness (QED) is 0.337. The van der Waals surface area contributed by atoms with Crippen molar-refractivity contribution in [2.24, 2.45) is 5.11 Å². The Hall–Kier alpha value is -2.07. The lowest BCUT2D eigenvalue weighted by Crippen LogP contribution is -2.13. The molecule has 0 radical (unpaired) electrons. The van der Waals surface area contributed by atoms with E-state index in [-0.39, 0.29) is 6.54 Å². The van der Waals surface area contributed by atoms with Gasteiger partial charge in [-0.05, 0) is 24.6 Å². The first-order valence-corrected chi connectivity index (χ1v) is 4.75. The molecular formula is C10H12N4O2. The normalized spacial score (nSPS) is 11.4. The smallest absolute Gasteiger partial charge is 0.303 e. The molecule has 1 aromatic rings. The maximum absolute atomic E-state index is 10.9. The van der Waals surface area contributed by atoms with Crippen LogP contribution >= 0.6 is 0 Å². The third-order valence-electron chi connectivity index (χ3n) is 1.86. The van der Waals surface area contributed by atoms with Crippen LogP contribution in [0.5, 0.6) is 0 Å². The lowest BCUT2D eigenvalue weighted by atomic mass is 10.2. The van der Waals surface area contributed by atoms with Gasteiger partial charge in [0.1, 0.15) is 6.10 Å². The minimum Gasteiger partial charge on any atom is -0.456 e. The Morgan fingerprint density at radius 2 is 2.44 bits per heavy atom. The number of nitrogens with zero attached hydrogens (tertiary/aromatic N) is 4. The molecule has 1 aromatic heterocycles. The van der Waals surface area contributed by atoms with E-state index in [2.05, 4.69) is 15.0 Å². The lowest BCUT2D eigenvalue weighted by molar-refractivity contribution is -0.146. The van der Waals surface area contributed by atoms with Crippen LogP contribution in [0, 0.1) is 6.92 Å². The van der Waals surface area contributed by atoms with Crippen molar-refractivity contribution < 1.29 is 9.53 Å². The number of rotatable bonds is 4. The van der Waals surface area contributed by atoms with E-state index >= 15 is 0 Å². The van der Waals surface area contributed by atoms with Crippen LogP contribution < -0.4 is 0 Å². The van der Waals surface area contributed by atoms with Crippen LogP contribution in [0.25, 0.3) is 10.4 Å². The summed E-state index contributed by atoms with van der Waals surface area (Å²) in [5.41, 5.74) is 9.65. The summed E-state index contributed by atoms with van der Waals surface area (Å²) < 4.78 is 5.03. The van der Waals surface area contributed by atoms with Crippen LogP contribution in [0.2, 0.25) is 0 Å². The first-order chi connectivity index (χ1) is 7.63. The predicted molar refractivity (Wildman–Crippen MR) is 57.5 cm³/mol. The van der Waals surface area contributed by atoms with Crippen molar-refractivity contribution >= 4 is 5.97 Å². The van der Waals surface area contributed by atoms with E-state index < -0.39 is 12.1 Å². The van der Waals surface area contributed by atoms with E-state index in [0.717, 1.165) is 5.69 Å². The largest absolute Gasteiger partial charge is 0.456 e. The molecule has 1 unspecified atom stereocenters. The van der Waals surface area contributed by atoms with Crippen LogP contribution in [0.15, 0.2) is 23.3 Å². The van der Waals surface area contributed by atoms with E-state index in [1.807, 2.05) is 19.1 Å². The molecule has 1 heterocycles. The van der Waals surface area contributed by atoms with Gasteiger partial charge in [0.2, 0.25) is 0 Å². The average molecular weight is 220 g/mol. The first-order valence-electron chi connectivity index (χ1n) is 4.75. The molecule has 0 fully saturated rings. The topological polar surface area (TPSA) is 88.0 Å². The van der Waals surface area contributed by atoms with Gasteiger partial charge >= 0.3 is 5.97 Å². The summed E-state index contributed by atoms with van der Waals surface area (Å²) >= 11 is 0. The van der Waals surface area contributed by atoms with Crippen LogP contribution in [0.4, 0.5) is 0 Å². The summed E-state index contributed by atoms with van der Waals surface area (Å²) in [4.78, 5) is 17.7. The number of esters is 1. The highest BCUT2D eigenvalue weighted by Crippen LogP contribution is 2.16. The van der Waals surface area contributed by atoms with Gasteiger partial charge in [-0.15, -0.1) is 0 Å². The third kappa shape index (κ3) is 3.59. The molecule has 0 aliphatic rings. The Bertz CT molecular complexity index is 423. The second kappa shape index (κ2) is 5.72. The Morgan fingerprint density at radius 3 is 3.00 bits per heavy atom. The first kappa shape index (κ1) is 12.0. The van der Waals surface area contributed by atoms with Crippen LogP contribution in [-0.4, -0.2) is 17.5 Å². The van der Waals surface area contributed by atoms with Crippen molar-refractivity contribution in [1.29, 1.82) is 0 Å². The van der Waals surface area contributed by atoms with Crippen LogP contribution in [0.1, 0.15) is 24.4 Å². The van der Waals surface area contributed by atoms with Crippen molar-refractivity contribution in [3.05, 3.63) is 40.0 Å². The molecule has 0 N–H and O–H groups in total. The van der Waals surface area contributed by atoms with Gasteiger partial charge < -0.3 is 4.74 Å². The van der Waals surface area contributed by atoms with Gasteiger partial charge in [0.25, 0.3) is 0 Å². The number of aromatic nitrogens is 1. The minimum atomic E-state index is -0.617. The molecule has 1 rings (SSSR count).